The van der Waals surface area contributed by atoms with E-state index >= 15 is 0 Å². The molecule has 0 atom stereocenters. The number of halogens is 1. The van der Waals surface area contributed by atoms with E-state index in [4.69, 9.17) is 15.0 Å². The van der Waals surface area contributed by atoms with Crippen LogP contribution in [0.15, 0.2) is 40.9 Å². The van der Waals surface area contributed by atoms with E-state index in [1.54, 1.807) is 0 Å². The Balaban J connectivity index is 0.00000225. The third-order valence-corrected chi connectivity index (χ3v) is 3.86. The molecule has 0 aliphatic carbocycles. The van der Waals surface area contributed by atoms with Crippen molar-refractivity contribution in [1.82, 2.24) is 10.1 Å². The van der Waals surface area contributed by atoms with E-state index in [0.29, 0.717) is 18.3 Å². The first-order valence-corrected chi connectivity index (χ1v) is 7.89. The van der Waals surface area contributed by atoms with Crippen molar-refractivity contribution in [3.8, 4) is 17.1 Å². The second-order valence-corrected chi connectivity index (χ2v) is 5.93. The summed E-state index contributed by atoms with van der Waals surface area (Å²) in [5.74, 6) is 1.87. The van der Waals surface area contributed by atoms with Gasteiger partial charge in [-0.1, -0.05) is 47.1 Å². The molecule has 0 radical (unpaired) electrons. The molecule has 0 spiro atoms. The first kappa shape index (κ1) is 19.0. The molecule has 25 heavy (non-hydrogen) atoms. The molecule has 6 heteroatoms. The molecule has 1 aromatic heterocycles. The summed E-state index contributed by atoms with van der Waals surface area (Å²) in [5.41, 5.74) is 11.0. The van der Waals surface area contributed by atoms with Crippen LogP contribution in [0.4, 0.5) is 0 Å². The lowest BCUT2D eigenvalue weighted by molar-refractivity contribution is 0.240. The Bertz CT molecular complexity index is 821. The molecule has 132 valence electrons. The van der Waals surface area contributed by atoms with Gasteiger partial charge in [0.1, 0.15) is 5.75 Å². The Morgan fingerprint density at radius 3 is 2.28 bits per heavy atom. The van der Waals surface area contributed by atoms with Crippen LogP contribution in [0.3, 0.4) is 0 Å². The lowest BCUT2D eigenvalue weighted by Crippen LogP contribution is -2.00. The Hall–Kier alpha value is -2.37. The van der Waals surface area contributed by atoms with Gasteiger partial charge in [-0.3, -0.25) is 0 Å². The second-order valence-electron chi connectivity index (χ2n) is 5.93. The minimum absolute atomic E-state index is 0. The minimum atomic E-state index is 0. The number of aromatic nitrogens is 2. The van der Waals surface area contributed by atoms with Crippen LogP contribution < -0.4 is 10.5 Å². The van der Waals surface area contributed by atoms with E-state index in [2.05, 4.69) is 29.2 Å². The van der Waals surface area contributed by atoms with Gasteiger partial charge in [-0.05, 0) is 37.5 Å². The maximum atomic E-state index is 5.88. The molecule has 0 saturated heterocycles. The molecular formula is C19H22ClN3O2. The Morgan fingerprint density at radius 2 is 1.68 bits per heavy atom. The first-order valence-electron chi connectivity index (χ1n) is 7.89. The SMILES string of the molecule is Cc1cc(C)c(OCc2nc(-c3ccc(CN)cc3)no2)c(C)c1.Cl. The fraction of sp³-hybridized carbons (Fsp3) is 0.263. The van der Waals surface area contributed by atoms with Crippen molar-refractivity contribution in [3.05, 3.63) is 64.5 Å². The maximum absolute atomic E-state index is 5.88. The molecule has 2 N–H and O–H groups in total. The molecule has 5 nitrogen and oxygen atoms in total. The molecule has 1 heterocycles. The van der Waals surface area contributed by atoms with Gasteiger partial charge in [0.15, 0.2) is 6.61 Å². The third-order valence-electron chi connectivity index (χ3n) is 3.86. The standard InChI is InChI=1S/C19H21N3O2.ClH/c1-12-8-13(2)18(14(3)9-12)23-11-17-21-19(22-24-17)16-6-4-15(10-20)5-7-16;/h4-9H,10-11,20H2,1-3H3;1H. The van der Waals surface area contributed by atoms with Gasteiger partial charge in [-0.2, -0.15) is 4.98 Å². The number of rotatable bonds is 5. The van der Waals surface area contributed by atoms with Gasteiger partial charge < -0.3 is 15.0 Å². The summed E-state index contributed by atoms with van der Waals surface area (Å²) < 4.78 is 11.2. The summed E-state index contributed by atoms with van der Waals surface area (Å²) in [5, 5.41) is 4.02. The monoisotopic (exact) mass is 359 g/mol. The van der Waals surface area contributed by atoms with E-state index in [-0.39, 0.29) is 19.0 Å². The molecule has 2 aromatic carbocycles. The zero-order chi connectivity index (χ0) is 17.1. The van der Waals surface area contributed by atoms with Crippen LogP contribution in [0.1, 0.15) is 28.1 Å². The smallest absolute Gasteiger partial charge is 0.264 e. The van der Waals surface area contributed by atoms with Crippen LogP contribution in [0, 0.1) is 20.8 Å². The van der Waals surface area contributed by atoms with Crippen molar-refractivity contribution in [3.63, 3.8) is 0 Å². The van der Waals surface area contributed by atoms with E-state index in [0.717, 1.165) is 28.0 Å². The van der Waals surface area contributed by atoms with Gasteiger partial charge in [-0.15, -0.1) is 12.4 Å². The van der Waals surface area contributed by atoms with Crippen LogP contribution in [0.25, 0.3) is 11.4 Å². The molecule has 3 rings (SSSR count). The molecule has 0 bridgehead atoms. The normalized spacial score (nSPS) is 10.4. The summed E-state index contributed by atoms with van der Waals surface area (Å²) in [4.78, 5) is 4.39. The molecule has 0 saturated carbocycles. The average molecular weight is 360 g/mol. The van der Waals surface area contributed by atoms with Gasteiger partial charge in [0.05, 0.1) is 0 Å². The topological polar surface area (TPSA) is 74.2 Å². The molecule has 0 fully saturated rings. The highest BCUT2D eigenvalue weighted by molar-refractivity contribution is 5.85. The van der Waals surface area contributed by atoms with Gasteiger partial charge in [-0.25, -0.2) is 0 Å². The fourth-order valence-electron chi connectivity index (χ4n) is 2.75. The lowest BCUT2D eigenvalue weighted by Gasteiger charge is -2.11. The summed E-state index contributed by atoms with van der Waals surface area (Å²) in [6.07, 6.45) is 0. The first-order chi connectivity index (χ1) is 11.6. The maximum Gasteiger partial charge on any atom is 0.264 e. The number of nitrogens with two attached hydrogens (primary N) is 1. The molecule has 0 amide bonds. The quantitative estimate of drug-likeness (QED) is 0.741. The van der Waals surface area contributed by atoms with E-state index in [1.807, 2.05) is 38.1 Å². The van der Waals surface area contributed by atoms with Crippen LogP contribution in [0.5, 0.6) is 5.75 Å². The summed E-state index contributed by atoms with van der Waals surface area (Å²) >= 11 is 0. The number of nitrogens with zero attached hydrogens (tertiary/aromatic N) is 2. The van der Waals surface area contributed by atoms with Crippen molar-refractivity contribution in [1.29, 1.82) is 0 Å². The minimum Gasteiger partial charge on any atom is -0.483 e. The second kappa shape index (κ2) is 8.14. The van der Waals surface area contributed by atoms with E-state index < -0.39 is 0 Å². The fourth-order valence-corrected chi connectivity index (χ4v) is 2.75. The van der Waals surface area contributed by atoms with Gasteiger partial charge in [0, 0.05) is 12.1 Å². The van der Waals surface area contributed by atoms with Crippen LogP contribution in [-0.4, -0.2) is 10.1 Å². The summed E-state index contributed by atoms with van der Waals surface area (Å²) in [7, 11) is 0. The molecule has 0 unspecified atom stereocenters. The predicted octanol–water partition coefficient (Wildman–Crippen LogP) is 4.12. The summed E-state index contributed by atoms with van der Waals surface area (Å²) in [6.45, 7) is 6.91. The van der Waals surface area contributed by atoms with E-state index in [1.165, 1.54) is 5.56 Å². The highest BCUT2D eigenvalue weighted by atomic mass is 35.5. The zero-order valence-corrected chi connectivity index (χ0v) is 15.4. The van der Waals surface area contributed by atoms with E-state index in [9.17, 15) is 0 Å². The third kappa shape index (κ3) is 4.38. The van der Waals surface area contributed by atoms with Gasteiger partial charge in [0.2, 0.25) is 5.82 Å². The Morgan fingerprint density at radius 1 is 1.04 bits per heavy atom. The van der Waals surface area contributed by atoms with Crippen molar-refractivity contribution in [2.75, 3.05) is 0 Å². The van der Waals surface area contributed by atoms with Crippen molar-refractivity contribution >= 4 is 12.4 Å². The Labute approximate surface area is 153 Å². The molecule has 3 aromatic rings. The molecular weight excluding hydrogens is 338 g/mol. The summed E-state index contributed by atoms with van der Waals surface area (Å²) in [6, 6.07) is 12.0. The van der Waals surface area contributed by atoms with Crippen molar-refractivity contribution in [2.24, 2.45) is 5.73 Å². The van der Waals surface area contributed by atoms with Crippen molar-refractivity contribution < 1.29 is 9.26 Å². The predicted molar refractivity (Wildman–Crippen MR) is 99.9 cm³/mol. The Kier molecular flexibility index (Phi) is 6.17. The number of ether oxygens (including phenoxy) is 1. The van der Waals surface area contributed by atoms with Crippen molar-refractivity contribution in [2.45, 2.75) is 33.9 Å². The number of hydrogen-bond acceptors (Lipinski definition) is 5. The lowest BCUT2D eigenvalue weighted by atomic mass is 10.1. The van der Waals surface area contributed by atoms with Gasteiger partial charge >= 0.3 is 0 Å². The number of hydrogen-bond donors (Lipinski definition) is 1. The molecule has 0 aliphatic rings. The number of aryl methyl sites for hydroxylation is 3. The number of benzene rings is 2. The van der Waals surface area contributed by atoms with Crippen LogP contribution in [0.2, 0.25) is 0 Å². The zero-order valence-electron chi connectivity index (χ0n) is 14.6. The van der Waals surface area contributed by atoms with Gasteiger partial charge in [0.25, 0.3) is 5.89 Å². The van der Waals surface area contributed by atoms with Crippen LogP contribution in [-0.2, 0) is 13.2 Å². The highest BCUT2D eigenvalue weighted by Gasteiger charge is 2.11. The highest BCUT2D eigenvalue weighted by Crippen LogP contribution is 2.25. The largest absolute Gasteiger partial charge is 0.483 e. The molecule has 0 aliphatic heterocycles. The average Bonchev–Trinajstić information content (AvgIpc) is 3.03. The van der Waals surface area contributed by atoms with Crippen LogP contribution >= 0.6 is 12.4 Å².